The van der Waals surface area contributed by atoms with Crippen LogP contribution >= 0.6 is 0 Å². The first-order valence-electron chi connectivity index (χ1n) is 7.24. The van der Waals surface area contributed by atoms with Crippen molar-refractivity contribution in [3.8, 4) is 0 Å². The Labute approximate surface area is 129 Å². The molecular weight excluding hydrogens is 288 g/mol. The van der Waals surface area contributed by atoms with E-state index in [-0.39, 0.29) is 26.4 Å². The van der Waals surface area contributed by atoms with Crippen LogP contribution in [0.15, 0.2) is 30.3 Å². The van der Waals surface area contributed by atoms with Crippen LogP contribution in [0.1, 0.15) is 19.4 Å². The van der Waals surface area contributed by atoms with Gasteiger partial charge >= 0.3 is 5.97 Å². The molecule has 122 valence electrons. The van der Waals surface area contributed by atoms with Gasteiger partial charge in [0, 0.05) is 0 Å². The van der Waals surface area contributed by atoms with E-state index in [0.717, 1.165) is 5.56 Å². The minimum atomic E-state index is -0.755. The normalized spacial score (nSPS) is 23.4. The van der Waals surface area contributed by atoms with Gasteiger partial charge in [0.25, 0.3) is 0 Å². The summed E-state index contributed by atoms with van der Waals surface area (Å²) in [5.74, 6) is -1.20. The fourth-order valence-electron chi connectivity index (χ4n) is 2.24. The molecule has 0 unspecified atom stereocenters. The summed E-state index contributed by atoms with van der Waals surface area (Å²) >= 11 is 0. The zero-order valence-corrected chi connectivity index (χ0v) is 12.9. The monoisotopic (exact) mass is 310 g/mol. The number of ether oxygens (including phenoxy) is 4. The number of benzene rings is 1. The van der Waals surface area contributed by atoms with Crippen LogP contribution < -0.4 is 0 Å². The largest absolute Gasteiger partial charge is 0.459 e. The third kappa shape index (κ3) is 5.06. The Morgan fingerprint density at radius 1 is 1.23 bits per heavy atom. The van der Waals surface area contributed by atoms with E-state index in [1.54, 1.807) is 13.8 Å². The van der Waals surface area contributed by atoms with Crippen molar-refractivity contribution in [3.05, 3.63) is 35.9 Å². The van der Waals surface area contributed by atoms with Crippen LogP contribution in [-0.4, -0.2) is 48.9 Å². The number of aliphatic hydroxyl groups is 1. The summed E-state index contributed by atoms with van der Waals surface area (Å²) in [6, 6.07) is 9.43. The number of carbonyl (C=O) groups is 1. The van der Waals surface area contributed by atoms with Gasteiger partial charge in [-0.3, -0.25) is 0 Å². The SMILES string of the molecule is CC1(C)O[C@H](CO)[C@@H](COCC(=O)OCc2ccccc2)O1. The van der Waals surface area contributed by atoms with Crippen LogP contribution in [0.2, 0.25) is 0 Å². The molecule has 1 aromatic carbocycles. The summed E-state index contributed by atoms with van der Waals surface area (Å²) in [5, 5.41) is 9.24. The molecule has 0 bridgehead atoms. The number of carbonyl (C=O) groups excluding carboxylic acids is 1. The highest BCUT2D eigenvalue weighted by atomic mass is 16.8. The highest BCUT2D eigenvalue weighted by Gasteiger charge is 2.40. The molecule has 1 N–H and O–H groups in total. The molecule has 1 aliphatic rings. The number of aliphatic hydroxyl groups excluding tert-OH is 1. The van der Waals surface area contributed by atoms with Crippen LogP contribution in [0, 0.1) is 0 Å². The Balaban J connectivity index is 1.66. The molecular formula is C16H22O6. The molecule has 0 amide bonds. The van der Waals surface area contributed by atoms with Crippen LogP contribution in [0.25, 0.3) is 0 Å². The highest BCUT2D eigenvalue weighted by molar-refractivity contribution is 5.70. The lowest BCUT2D eigenvalue weighted by Crippen LogP contribution is -2.31. The van der Waals surface area contributed by atoms with Crippen LogP contribution in [0.5, 0.6) is 0 Å². The van der Waals surface area contributed by atoms with Gasteiger partial charge in [-0.1, -0.05) is 30.3 Å². The third-order valence-electron chi connectivity index (χ3n) is 3.21. The second-order valence-electron chi connectivity index (χ2n) is 5.56. The Morgan fingerprint density at radius 3 is 2.59 bits per heavy atom. The van der Waals surface area contributed by atoms with Gasteiger partial charge in [-0.05, 0) is 19.4 Å². The van der Waals surface area contributed by atoms with Crippen molar-refractivity contribution in [2.24, 2.45) is 0 Å². The lowest BCUT2D eigenvalue weighted by molar-refractivity contribution is -0.158. The van der Waals surface area contributed by atoms with Gasteiger partial charge in [-0.2, -0.15) is 0 Å². The van der Waals surface area contributed by atoms with Gasteiger partial charge in [0.1, 0.15) is 25.4 Å². The van der Waals surface area contributed by atoms with E-state index in [0.29, 0.717) is 0 Å². The number of esters is 1. The Bertz CT molecular complexity index is 473. The van der Waals surface area contributed by atoms with E-state index in [2.05, 4.69) is 0 Å². The number of hydrogen-bond acceptors (Lipinski definition) is 6. The quantitative estimate of drug-likeness (QED) is 0.764. The summed E-state index contributed by atoms with van der Waals surface area (Å²) in [6.45, 7) is 3.60. The van der Waals surface area contributed by atoms with Gasteiger partial charge < -0.3 is 24.1 Å². The standard InChI is InChI=1S/C16H22O6/c1-16(2)21-13(8-17)14(22-16)10-19-11-15(18)20-9-12-6-4-3-5-7-12/h3-7,13-14,17H,8-11H2,1-2H3/t13-,14-/m1/s1. The fourth-order valence-corrected chi connectivity index (χ4v) is 2.24. The predicted octanol–water partition coefficient (Wildman–Crippen LogP) is 1.26. The maximum atomic E-state index is 11.6. The van der Waals surface area contributed by atoms with Crippen LogP contribution in [0.3, 0.4) is 0 Å². The molecule has 1 fully saturated rings. The molecule has 0 spiro atoms. The molecule has 2 rings (SSSR count). The molecule has 0 aromatic heterocycles. The Morgan fingerprint density at radius 2 is 1.91 bits per heavy atom. The fraction of sp³-hybridized carbons (Fsp3) is 0.562. The lowest BCUT2D eigenvalue weighted by Gasteiger charge is -2.16. The molecule has 6 heteroatoms. The zero-order valence-electron chi connectivity index (χ0n) is 12.9. The van der Waals surface area contributed by atoms with E-state index < -0.39 is 24.0 Å². The average Bonchev–Trinajstić information content (AvgIpc) is 2.80. The third-order valence-corrected chi connectivity index (χ3v) is 3.21. The first kappa shape index (κ1) is 16.9. The topological polar surface area (TPSA) is 74.2 Å². The van der Waals surface area contributed by atoms with E-state index >= 15 is 0 Å². The van der Waals surface area contributed by atoms with Crippen LogP contribution in [0.4, 0.5) is 0 Å². The lowest BCUT2D eigenvalue weighted by atomic mass is 10.2. The first-order chi connectivity index (χ1) is 10.5. The van der Waals surface area contributed by atoms with Gasteiger partial charge in [-0.15, -0.1) is 0 Å². The zero-order chi connectivity index (χ0) is 16.0. The van der Waals surface area contributed by atoms with Crippen molar-refractivity contribution in [1.82, 2.24) is 0 Å². The maximum Gasteiger partial charge on any atom is 0.332 e. The summed E-state index contributed by atoms with van der Waals surface area (Å²) in [6.07, 6.45) is -0.850. The summed E-state index contributed by atoms with van der Waals surface area (Å²) in [4.78, 5) is 11.6. The van der Waals surface area contributed by atoms with E-state index in [4.69, 9.17) is 18.9 Å². The molecule has 0 saturated carbocycles. The van der Waals surface area contributed by atoms with Crippen molar-refractivity contribution >= 4 is 5.97 Å². The minimum absolute atomic E-state index is 0.157. The molecule has 0 radical (unpaired) electrons. The molecule has 0 aliphatic carbocycles. The average molecular weight is 310 g/mol. The molecule has 1 aliphatic heterocycles. The second-order valence-corrected chi connectivity index (χ2v) is 5.56. The number of hydrogen-bond donors (Lipinski definition) is 1. The molecule has 2 atom stereocenters. The molecule has 1 aromatic rings. The van der Waals surface area contributed by atoms with Gasteiger partial charge in [0.15, 0.2) is 5.79 Å². The predicted molar refractivity (Wildman–Crippen MR) is 78.0 cm³/mol. The first-order valence-corrected chi connectivity index (χ1v) is 7.24. The smallest absolute Gasteiger partial charge is 0.332 e. The van der Waals surface area contributed by atoms with Gasteiger partial charge in [0.05, 0.1) is 13.2 Å². The molecule has 6 nitrogen and oxygen atoms in total. The van der Waals surface area contributed by atoms with Crippen molar-refractivity contribution in [2.75, 3.05) is 19.8 Å². The summed E-state index contributed by atoms with van der Waals surface area (Å²) < 4.78 is 21.5. The van der Waals surface area contributed by atoms with E-state index in [9.17, 15) is 9.90 Å². The van der Waals surface area contributed by atoms with Crippen molar-refractivity contribution in [3.63, 3.8) is 0 Å². The summed E-state index contributed by atoms with van der Waals surface area (Å²) in [5.41, 5.74) is 0.922. The second kappa shape index (κ2) is 7.69. The van der Waals surface area contributed by atoms with Crippen molar-refractivity contribution < 1.29 is 28.8 Å². The van der Waals surface area contributed by atoms with Crippen molar-refractivity contribution in [2.45, 2.75) is 38.4 Å². The van der Waals surface area contributed by atoms with E-state index in [1.807, 2.05) is 30.3 Å². The molecule has 22 heavy (non-hydrogen) atoms. The van der Waals surface area contributed by atoms with Crippen LogP contribution in [-0.2, 0) is 30.3 Å². The van der Waals surface area contributed by atoms with E-state index in [1.165, 1.54) is 0 Å². The number of rotatable bonds is 7. The summed E-state index contributed by atoms with van der Waals surface area (Å²) in [7, 11) is 0. The Hall–Kier alpha value is -1.47. The van der Waals surface area contributed by atoms with Gasteiger partial charge in [-0.25, -0.2) is 4.79 Å². The molecule has 1 heterocycles. The highest BCUT2D eigenvalue weighted by Crippen LogP contribution is 2.27. The Kier molecular flexibility index (Phi) is 5.90. The molecule has 1 saturated heterocycles. The van der Waals surface area contributed by atoms with Gasteiger partial charge in [0.2, 0.25) is 0 Å². The maximum absolute atomic E-state index is 11.6. The minimum Gasteiger partial charge on any atom is -0.459 e. The van der Waals surface area contributed by atoms with Crippen molar-refractivity contribution in [1.29, 1.82) is 0 Å².